The summed E-state index contributed by atoms with van der Waals surface area (Å²) in [6.45, 7) is 4.46. The lowest BCUT2D eigenvalue weighted by Gasteiger charge is -2.06. The Morgan fingerprint density at radius 3 is 2.09 bits per heavy atom. The summed E-state index contributed by atoms with van der Waals surface area (Å²) in [5.41, 5.74) is 4.87. The van der Waals surface area contributed by atoms with E-state index >= 15 is 0 Å². The molecule has 3 rings (SSSR count). The van der Waals surface area contributed by atoms with Crippen molar-refractivity contribution in [3.05, 3.63) is 89.5 Å². The summed E-state index contributed by atoms with van der Waals surface area (Å²) in [5, 5.41) is 6.30. The fourth-order valence-corrected chi connectivity index (χ4v) is 2.87. The highest BCUT2D eigenvalue weighted by Gasteiger charge is 2.13. The van der Waals surface area contributed by atoms with Crippen molar-refractivity contribution < 1.29 is 23.9 Å². The van der Waals surface area contributed by atoms with Gasteiger partial charge in [0.25, 0.3) is 0 Å². The number of rotatable bonds is 8. The van der Waals surface area contributed by atoms with Gasteiger partial charge in [0, 0.05) is 5.69 Å². The molecule has 2 N–H and O–H groups in total. The second-order valence-corrected chi connectivity index (χ2v) is 7.12. The molecule has 0 atom stereocenters. The van der Waals surface area contributed by atoms with Gasteiger partial charge in [0.15, 0.2) is 0 Å². The molecule has 34 heavy (non-hydrogen) atoms. The summed E-state index contributed by atoms with van der Waals surface area (Å²) >= 11 is 0. The minimum atomic E-state index is -0.892. The van der Waals surface area contributed by atoms with Crippen LogP contribution in [-0.2, 0) is 16.0 Å². The monoisotopic (exact) mass is 459 g/mol. The number of amides is 2. The van der Waals surface area contributed by atoms with Crippen molar-refractivity contribution in [2.75, 3.05) is 11.9 Å². The van der Waals surface area contributed by atoms with E-state index in [1.165, 1.54) is 6.21 Å². The predicted octanol–water partition coefficient (Wildman–Crippen LogP) is 3.96. The molecule has 0 fully saturated rings. The molecule has 0 spiro atoms. The number of hydrogen-bond donors (Lipinski definition) is 2. The highest BCUT2D eigenvalue weighted by molar-refractivity contribution is 6.39. The van der Waals surface area contributed by atoms with Gasteiger partial charge in [-0.05, 0) is 85.1 Å². The van der Waals surface area contributed by atoms with Crippen LogP contribution in [0.5, 0.6) is 11.5 Å². The van der Waals surface area contributed by atoms with E-state index in [9.17, 15) is 14.4 Å². The van der Waals surface area contributed by atoms with Crippen LogP contribution >= 0.6 is 0 Å². The Bertz CT molecular complexity index is 1150. The number of hydrogen-bond acceptors (Lipinski definition) is 6. The van der Waals surface area contributed by atoms with Crippen molar-refractivity contribution in [2.24, 2.45) is 5.10 Å². The minimum absolute atomic E-state index is 0.355. The molecule has 0 bridgehead atoms. The van der Waals surface area contributed by atoms with Crippen LogP contribution in [-0.4, -0.2) is 30.6 Å². The zero-order valence-electron chi connectivity index (χ0n) is 18.9. The molecule has 2 amide bonds. The van der Waals surface area contributed by atoms with Gasteiger partial charge in [0.05, 0.1) is 18.4 Å². The lowest BCUT2D eigenvalue weighted by molar-refractivity contribution is -0.136. The highest BCUT2D eigenvalue weighted by Crippen LogP contribution is 2.16. The van der Waals surface area contributed by atoms with Crippen LogP contribution in [0.15, 0.2) is 77.9 Å². The molecule has 0 aliphatic carbocycles. The number of benzene rings is 3. The number of nitrogens with zero attached hydrogens (tertiary/aromatic N) is 1. The van der Waals surface area contributed by atoms with Gasteiger partial charge < -0.3 is 14.8 Å². The quantitative estimate of drug-likeness (QED) is 0.174. The van der Waals surface area contributed by atoms with Crippen LogP contribution in [0, 0.1) is 0 Å². The third-order valence-electron chi connectivity index (χ3n) is 4.70. The van der Waals surface area contributed by atoms with Crippen molar-refractivity contribution in [3.63, 3.8) is 0 Å². The molecule has 0 aliphatic rings. The van der Waals surface area contributed by atoms with Gasteiger partial charge in [-0.15, -0.1) is 0 Å². The molecule has 0 unspecified atom stereocenters. The van der Waals surface area contributed by atoms with Gasteiger partial charge >= 0.3 is 17.8 Å². The SMILES string of the molecule is CCOc1ccc(C(=O)Oc2ccc(C=NNC(=O)C(=O)Nc3ccc(CC)cc3)cc2)cc1. The largest absolute Gasteiger partial charge is 0.494 e. The third kappa shape index (κ3) is 7.03. The van der Waals surface area contributed by atoms with Crippen molar-refractivity contribution in [1.29, 1.82) is 0 Å². The Morgan fingerprint density at radius 1 is 0.824 bits per heavy atom. The van der Waals surface area contributed by atoms with Crippen molar-refractivity contribution in [2.45, 2.75) is 20.3 Å². The molecule has 0 heterocycles. The summed E-state index contributed by atoms with van der Waals surface area (Å²) in [5.74, 6) is -1.17. The molecule has 174 valence electrons. The van der Waals surface area contributed by atoms with Gasteiger partial charge in [-0.3, -0.25) is 9.59 Å². The van der Waals surface area contributed by atoms with E-state index in [2.05, 4.69) is 15.8 Å². The van der Waals surface area contributed by atoms with Crippen LogP contribution < -0.4 is 20.2 Å². The molecule has 0 aliphatic heterocycles. The Kier molecular flexibility index (Phi) is 8.51. The van der Waals surface area contributed by atoms with Crippen molar-refractivity contribution in [3.8, 4) is 11.5 Å². The number of nitrogens with one attached hydrogen (secondary N) is 2. The Labute approximate surface area is 197 Å². The maximum Gasteiger partial charge on any atom is 0.343 e. The van der Waals surface area contributed by atoms with Crippen molar-refractivity contribution in [1.82, 2.24) is 5.43 Å². The molecule has 0 saturated heterocycles. The topological polar surface area (TPSA) is 106 Å². The first kappa shape index (κ1) is 24.2. The molecule has 0 radical (unpaired) electrons. The van der Waals surface area contributed by atoms with E-state index in [1.807, 2.05) is 26.0 Å². The number of ether oxygens (including phenoxy) is 2. The fraction of sp³-hybridized carbons (Fsp3) is 0.154. The number of anilines is 1. The van der Waals surface area contributed by atoms with Gasteiger partial charge in [-0.2, -0.15) is 5.10 Å². The first-order valence-electron chi connectivity index (χ1n) is 10.8. The second-order valence-electron chi connectivity index (χ2n) is 7.12. The van der Waals surface area contributed by atoms with E-state index < -0.39 is 17.8 Å². The average molecular weight is 460 g/mol. The van der Waals surface area contributed by atoms with Gasteiger partial charge in [-0.25, -0.2) is 10.2 Å². The first-order chi connectivity index (χ1) is 16.5. The Balaban J connectivity index is 1.48. The fourth-order valence-electron chi connectivity index (χ4n) is 2.87. The highest BCUT2D eigenvalue weighted by atomic mass is 16.5. The maximum absolute atomic E-state index is 12.3. The number of esters is 1. The Morgan fingerprint density at radius 2 is 1.47 bits per heavy atom. The normalized spacial score (nSPS) is 10.5. The van der Waals surface area contributed by atoms with E-state index in [4.69, 9.17) is 9.47 Å². The zero-order chi connectivity index (χ0) is 24.3. The summed E-state index contributed by atoms with van der Waals surface area (Å²) < 4.78 is 10.7. The molecule has 3 aromatic carbocycles. The number of hydrazone groups is 1. The molecule has 8 heteroatoms. The average Bonchev–Trinajstić information content (AvgIpc) is 2.86. The minimum Gasteiger partial charge on any atom is -0.494 e. The smallest absolute Gasteiger partial charge is 0.343 e. The first-order valence-corrected chi connectivity index (χ1v) is 10.8. The second kappa shape index (κ2) is 12.0. The summed E-state index contributed by atoms with van der Waals surface area (Å²) in [6, 6.07) is 20.4. The number of carbonyl (C=O) groups is 3. The van der Waals surface area contributed by atoms with E-state index in [1.54, 1.807) is 60.7 Å². The lowest BCUT2D eigenvalue weighted by Crippen LogP contribution is -2.32. The predicted molar refractivity (Wildman–Crippen MR) is 129 cm³/mol. The van der Waals surface area contributed by atoms with Gasteiger partial charge in [0.2, 0.25) is 0 Å². The maximum atomic E-state index is 12.3. The molecular weight excluding hydrogens is 434 g/mol. The molecule has 8 nitrogen and oxygen atoms in total. The summed E-state index contributed by atoms with van der Waals surface area (Å²) in [6.07, 6.45) is 2.26. The number of carbonyl (C=O) groups excluding carboxylic acids is 3. The van der Waals surface area contributed by atoms with E-state index in [0.29, 0.717) is 34.9 Å². The van der Waals surface area contributed by atoms with E-state index in [-0.39, 0.29) is 0 Å². The van der Waals surface area contributed by atoms with Gasteiger partial charge in [-0.1, -0.05) is 19.1 Å². The van der Waals surface area contributed by atoms with Crippen molar-refractivity contribution >= 4 is 29.7 Å². The molecule has 0 saturated carbocycles. The summed E-state index contributed by atoms with van der Waals surface area (Å²) in [4.78, 5) is 36.2. The van der Waals surface area contributed by atoms with E-state index in [0.717, 1.165) is 12.0 Å². The van der Waals surface area contributed by atoms with Gasteiger partial charge in [0.1, 0.15) is 11.5 Å². The zero-order valence-corrected chi connectivity index (χ0v) is 18.9. The van der Waals surface area contributed by atoms with Crippen LogP contribution in [0.2, 0.25) is 0 Å². The summed E-state index contributed by atoms with van der Waals surface area (Å²) in [7, 11) is 0. The molecule has 3 aromatic rings. The lowest BCUT2D eigenvalue weighted by atomic mass is 10.1. The molecule has 0 aromatic heterocycles. The van der Waals surface area contributed by atoms with Crippen LogP contribution in [0.4, 0.5) is 5.69 Å². The van der Waals surface area contributed by atoms with Crippen LogP contribution in [0.1, 0.15) is 35.3 Å². The molecular formula is C26H25N3O5. The number of aryl methyl sites for hydroxylation is 1. The third-order valence-corrected chi connectivity index (χ3v) is 4.70. The Hall–Kier alpha value is -4.46. The standard InChI is InChI=1S/C26H25N3O5/c1-3-18-5-11-21(12-6-18)28-24(30)25(31)29-27-17-19-7-13-23(14-8-19)34-26(32)20-9-15-22(16-10-20)33-4-2/h5-17H,3-4H2,1-2H3,(H,28,30)(H,29,31). The van der Waals surface area contributed by atoms with Crippen LogP contribution in [0.25, 0.3) is 0 Å². The van der Waals surface area contributed by atoms with Crippen LogP contribution in [0.3, 0.4) is 0 Å².